The molecule has 0 radical (unpaired) electrons. The molecule has 0 aromatic rings. The molecule has 0 rings (SSSR count). The van der Waals surface area contributed by atoms with Crippen LogP contribution in [0.5, 0.6) is 0 Å². The molecule has 0 amide bonds. The van der Waals surface area contributed by atoms with Crippen LogP contribution in [0.2, 0.25) is 0 Å². The SMILES string of the molecule is C=C[B-](F)(F)F.[H+]. The van der Waals surface area contributed by atoms with Gasteiger partial charge in [0.1, 0.15) is 0 Å². The topological polar surface area (TPSA) is 0 Å². The molecule has 0 aromatic carbocycles. The standard InChI is InChI=1S/C2H3BF3/c1-2-3(4,5)6/h2H,1H2/q-1/p+1. The lowest BCUT2D eigenvalue weighted by Gasteiger charge is -2.02. The lowest BCUT2D eigenvalue weighted by molar-refractivity contribution is 0.499. The highest BCUT2D eigenvalue weighted by Crippen LogP contribution is 2.06. The molecule has 0 spiro atoms. The van der Waals surface area contributed by atoms with Crippen LogP contribution in [0, 0.1) is 0 Å². The van der Waals surface area contributed by atoms with Crippen LogP contribution in [0.25, 0.3) is 0 Å². The van der Waals surface area contributed by atoms with Crippen molar-refractivity contribution in [2.75, 3.05) is 0 Å². The van der Waals surface area contributed by atoms with E-state index in [9.17, 15) is 12.9 Å². The van der Waals surface area contributed by atoms with E-state index in [0.717, 1.165) is 0 Å². The Morgan fingerprint density at radius 1 is 1.50 bits per heavy atom. The number of halogens is 3. The van der Waals surface area contributed by atoms with E-state index >= 15 is 0 Å². The van der Waals surface area contributed by atoms with E-state index in [1.54, 1.807) is 0 Å². The Morgan fingerprint density at radius 3 is 1.67 bits per heavy atom. The second-order valence-corrected chi connectivity index (χ2v) is 0.861. The van der Waals surface area contributed by atoms with Crippen LogP contribution >= 0.6 is 0 Å². The Balaban J connectivity index is 0. The summed E-state index contributed by atoms with van der Waals surface area (Å²) in [5.74, 6) is 0. The van der Waals surface area contributed by atoms with E-state index in [4.69, 9.17) is 0 Å². The van der Waals surface area contributed by atoms with E-state index in [1.807, 2.05) is 0 Å². The molecule has 0 aromatic heterocycles. The van der Waals surface area contributed by atoms with Crippen LogP contribution in [0.1, 0.15) is 1.43 Å². The first-order valence-electron chi connectivity index (χ1n) is 1.40. The van der Waals surface area contributed by atoms with Gasteiger partial charge < -0.3 is 12.9 Å². The zero-order chi connectivity index (χ0) is 5.21. The molecule has 0 nitrogen and oxygen atoms in total. The molecule has 36 valence electrons. The summed E-state index contributed by atoms with van der Waals surface area (Å²) in [6.45, 7) is -2.19. The minimum atomic E-state index is -4.72. The maximum absolute atomic E-state index is 10.7. The molecule has 0 saturated carbocycles. The lowest BCUT2D eigenvalue weighted by atomic mass is 9.94. The smallest absolute Gasteiger partial charge is 0.445 e. The minimum absolute atomic E-state index is 0. The molecule has 0 bridgehead atoms. The van der Waals surface area contributed by atoms with Crippen molar-refractivity contribution in [1.82, 2.24) is 0 Å². The summed E-state index contributed by atoms with van der Waals surface area (Å²) in [4.78, 5) is 0. The molecule has 0 saturated heterocycles. The fraction of sp³-hybridized carbons (Fsp3) is 0. The predicted molar refractivity (Wildman–Crippen MR) is 20.4 cm³/mol. The number of hydrogen-bond donors (Lipinski definition) is 0. The van der Waals surface area contributed by atoms with Gasteiger partial charge >= 0.3 is 8.40 Å². The van der Waals surface area contributed by atoms with Crippen molar-refractivity contribution in [3.63, 3.8) is 0 Å². The Hall–Kier alpha value is -0.405. The molecule has 0 fully saturated rings. The molecule has 0 aliphatic heterocycles. The molecule has 0 unspecified atom stereocenters. The average Bonchev–Trinajstić information content (AvgIpc) is 1.35. The van der Waals surface area contributed by atoms with Gasteiger partial charge in [0.05, 0.1) is 0 Å². The lowest BCUT2D eigenvalue weighted by Crippen LogP contribution is -2.08. The third-order valence-electron chi connectivity index (χ3n) is 0.267. The van der Waals surface area contributed by atoms with Crippen LogP contribution in [0.3, 0.4) is 0 Å². The summed E-state index contributed by atoms with van der Waals surface area (Å²) in [6, 6.07) is 0. The van der Waals surface area contributed by atoms with Gasteiger partial charge in [-0.2, -0.15) is 5.98 Å². The highest BCUT2D eigenvalue weighted by atomic mass is 19.4. The van der Waals surface area contributed by atoms with Crippen molar-refractivity contribution in [2.24, 2.45) is 0 Å². The third kappa shape index (κ3) is 3.59. The van der Waals surface area contributed by atoms with Crippen molar-refractivity contribution in [3.05, 3.63) is 12.6 Å². The predicted octanol–water partition coefficient (Wildman–Crippen LogP) is 1.67. The fourth-order valence-electron chi connectivity index (χ4n) is 0. The monoisotopic (exact) mass is 96.0 g/mol. The Bertz CT molecular complexity index is 58.4. The Morgan fingerprint density at radius 2 is 1.67 bits per heavy atom. The molecular formula is C2H4BF3. The van der Waals surface area contributed by atoms with Gasteiger partial charge in [-0.05, 0) is 0 Å². The average molecular weight is 95.9 g/mol. The van der Waals surface area contributed by atoms with E-state index in [0.29, 0.717) is 0 Å². The first-order valence-corrected chi connectivity index (χ1v) is 1.40. The van der Waals surface area contributed by atoms with Gasteiger partial charge in [0.25, 0.3) is 0 Å². The molecule has 0 atom stereocenters. The second-order valence-electron chi connectivity index (χ2n) is 0.861. The summed E-state index contributed by atoms with van der Waals surface area (Å²) in [5.41, 5.74) is 0. The summed E-state index contributed by atoms with van der Waals surface area (Å²) >= 11 is 0. The first-order chi connectivity index (χ1) is 2.56. The van der Waals surface area contributed by atoms with Crippen LogP contribution in [-0.2, 0) is 0 Å². The molecule has 0 N–H and O–H groups in total. The number of hydrogen-bond acceptors (Lipinski definition) is 0. The van der Waals surface area contributed by atoms with E-state index < -0.39 is 6.98 Å². The van der Waals surface area contributed by atoms with Gasteiger partial charge in [0, 0.05) is 0 Å². The van der Waals surface area contributed by atoms with Crippen LogP contribution in [0.15, 0.2) is 12.6 Å². The fourth-order valence-corrected chi connectivity index (χ4v) is 0. The summed E-state index contributed by atoms with van der Waals surface area (Å²) < 4.78 is 32.2. The minimum Gasteiger partial charge on any atom is -0.445 e. The van der Waals surface area contributed by atoms with Crippen molar-refractivity contribution in [3.8, 4) is 0 Å². The van der Waals surface area contributed by atoms with Gasteiger partial charge in [0.2, 0.25) is 0 Å². The first kappa shape index (κ1) is 5.59. The van der Waals surface area contributed by atoms with Gasteiger partial charge in [0.15, 0.2) is 0 Å². The van der Waals surface area contributed by atoms with Crippen molar-refractivity contribution >= 4 is 6.98 Å². The zero-order valence-electron chi connectivity index (χ0n) is 4.00. The van der Waals surface area contributed by atoms with Gasteiger partial charge in [-0.15, -0.1) is 6.58 Å². The summed E-state index contributed by atoms with van der Waals surface area (Å²) in [7, 11) is 0. The summed E-state index contributed by atoms with van der Waals surface area (Å²) in [6.07, 6.45) is 0. The van der Waals surface area contributed by atoms with Gasteiger partial charge in [-0.25, -0.2) is 0 Å². The number of rotatable bonds is 1. The van der Waals surface area contributed by atoms with Crippen molar-refractivity contribution < 1.29 is 14.4 Å². The van der Waals surface area contributed by atoms with E-state index in [-0.39, 0.29) is 7.40 Å². The Kier molecular flexibility index (Phi) is 1.27. The van der Waals surface area contributed by atoms with E-state index in [2.05, 4.69) is 6.58 Å². The quantitative estimate of drug-likeness (QED) is 0.435. The summed E-state index contributed by atoms with van der Waals surface area (Å²) in [5, 5.41) is 0. The van der Waals surface area contributed by atoms with Crippen LogP contribution in [0.4, 0.5) is 12.9 Å². The molecule has 0 aliphatic rings. The molecule has 0 aliphatic carbocycles. The highest BCUT2D eigenvalue weighted by Gasteiger charge is 2.14. The van der Waals surface area contributed by atoms with E-state index in [1.165, 1.54) is 0 Å². The Labute approximate surface area is 35.2 Å². The third-order valence-corrected chi connectivity index (χ3v) is 0.267. The van der Waals surface area contributed by atoms with Crippen LogP contribution in [-0.4, -0.2) is 6.98 Å². The van der Waals surface area contributed by atoms with Gasteiger partial charge in [-0.3, -0.25) is 0 Å². The van der Waals surface area contributed by atoms with Crippen molar-refractivity contribution in [2.45, 2.75) is 0 Å². The maximum atomic E-state index is 10.7. The van der Waals surface area contributed by atoms with Gasteiger partial charge in [-0.1, -0.05) is 0 Å². The van der Waals surface area contributed by atoms with Crippen molar-refractivity contribution in [1.29, 1.82) is 0 Å². The molecule has 0 heterocycles. The normalized spacial score (nSPS) is 11.2. The second kappa shape index (κ2) is 1.37. The largest absolute Gasteiger partial charge is 1.00 e. The molecular weight excluding hydrogens is 91.8 g/mol. The molecule has 4 heteroatoms. The maximum Gasteiger partial charge on any atom is 1.00 e. The zero-order valence-corrected chi connectivity index (χ0v) is 3.00. The van der Waals surface area contributed by atoms with Crippen LogP contribution < -0.4 is 0 Å². The molecule has 6 heavy (non-hydrogen) atoms. The highest BCUT2D eigenvalue weighted by molar-refractivity contribution is 6.64.